The van der Waals surface area contributed by atoms with Gasteiger partial charge in [-0.1, -0.05) is 6.92 Å². The summed E-state index contributed by atoms with van der Waals surface area (Å²) in [7, 11) is 0. The van der Waals surface area contributed by atoms with Crippen molar-refractivity contribution in [1.82, 2.24) is 25.1 Å². The van der Waals surface area contributed by atoms with Crippen LogP contribution in [0.1, 0.15) is 31.6 Å². The lowest BCUT2D eigenvalue weighted by Gasteiger charge is -2.44. The highest BCUT2D eigenvalue weighted by atomic mass is 15.6. The summed E-state index contributed by atoms with van der Waals surface area (Å²) in [6.07, 6.45) is 3.55. The molecular formula is C10H17N5. The van der Waals surface area contributed by atoms with Crippen molar-refractivity contribution in [3.63, 3.8) is 0 Å². The average Bonchev–Trinajstić information content (AvgIpc) is 2.78. The van der Waals surface area contributed by atoms with Gasteiger partial charge in [0.1, 0.15) is 0 Å². The van der Waals surface area contributed by atoms with Crippen molar-refractivity contribution >= 4 is 0 Å². The largest absolute Gasteiger partial charge is 0.301 e. The highest BCUT2D eigenvalue weighted by Crippen LogP contribution is 2.35. The van der Waals surface area contributed by atoms with Crippen LogP contribution < -0.4 is 0 Å². The summed E-state index contributed by atoms with van der Waals surface area (Å²) < 4.78 is 2.07. The maximum absolute atomic E-state index is 4.16. The van der Waals surface area contributed by atoms with Crippen LogP contribution >= 0.6 is 0 Å². The van der Waals surface area contributed by atoms with E-state index in [2.05, 4.69) is 32.0 Å². The molecule has 0 N–H and O–H groups in total. The molecule has 0 spiro atoms. The Morgan fingerprint density at radius 2 is 2.13 bits per heavy atom. The smallest absolute Gasteiger partial charge is 0.151 e. The van der Waals surface area contributed by atoms with Gasteiger partial charge < -0.3 is 4.90 Å². The zero-order valence-electron chi connectivity index (χ0n) is 9.13. The molecule has 3 aliphatic heterocycles. The summed E-state index contributed by atoms with van der Waals surface area (Å²) in [5, 5.41) is 12.0. The number of piperidine rings is 3. The first-order valence-corrected chi connectivity index (χ1v) is 5.87. The lowest BCUT2D eigenvalue weighted by molar-refractivity contribution is 0.0489. The summed E-state index contributed by atoms with van der Waals surface area (Å²) in [4.78, 5) is 2.53. The Kier molecular flexibility index (Phi) is 2.20. The van der Waals surface area contributed by atoms with Crippen LogP contribution in [0.4, 0.5) is 0 Å². The molecule has 15 heavy (non-hydrogen) atoms. The molecule has 0 saturated carbocycles. The van der Waals surface area contributed by atoms with Crippen LogP contribution in [-0.4, -0.2) is 44.7 Å². The van der Waals surface area contributed by atoms with Gasteiger partial charge in [-0.2, -0.15) is 0 Å². The molecule has 5 heteroatoms. The molecule has 82 valence electrons. The molecular weight excluding hydrogens is 190 g/mol. The summed E-state index contributed by atoms with van der Waals surface area (Å²) in [6, 6.07) is 0.525. The fraction of sp³-hybridized carbons (Fsp3) is 0.900. The minimum atomic E-state index is 0.525. The van der Waals surface area contributed by atoms with Crippen LogP contribution in [0.2, 0.25) is 0 Å². The van der Waals surface area contributed by atoms with Gasteiger partial charge in [0.2, 0.25) is 0 Å². The highest BCUT2D eigenvalue weighted by Gasteiger charge is 2.36. The van der Waals surface area contributed by atoms with Crippen molar-refractivity contribution in [2.24, 2.45) is 5.92 Å². The third-order valence-corrected chi connectivity index (χ3v) is 3.81. The normalized spacial score (nSPS) is 34.6. The average molecular weight is 207 g/mol. The van der Waals surface area contributed by atoms with Crippen LogP contribution in [0.3, 0.4) is 0 Å². The standard InChI is InChI=1S/C10H17N5/c1-2-10-11-12-13-15(10)9-7-14-5-3-8(9)4-6-14/h8-9H,2-7H2,1H3. The van der Waals surface area contributed by atoms with Gasteiger partial charge in [0.15, 0.2) is 5.82 Å². The van der Waals surface area contributed by atoms with Crippen molar-refractivity contribution in [3.8, 4) is 0 Å². The van der Waals surface area contributed by atoms with E-state index in [0.29, 0.717) is 6.04 Å². The van der Waals surface area contributed by atoms with Crippen molar-refractivity contribution in [3.05, 3.63) is 5.82 Å². The first-order valence-electron chi connectivity index (χ1n) is 5.87. The number of aryl methyl sites for hydroxylation is 1. The molecule has 1 atom stereocenters. The minimum absolute atomic E-state index is 0.525. The number of nitrogens with zero attached hydrogens (tertiary/aromatic N) is 5. The van der Waals surface area contributed by atoms with Gasteiger partial charge in [-0.3, -0.25) is 0 Å². The van der Waals surface area contributed by atoms with Gasteiger partial charge in [0.05, 0.1) is 6.04 Å². The summed E-state index contributed by atoms with van der Waals surface area (Å²) in [5.41, 5.74) is 0. The maximum atomic E-state index is 4.16. The van der Waals surface area contributed by atoms with E-state index >= 15 is 0 Å². The fourth-order valence-corrected chi connectivity index (χ4v) is 2.91. The molecule has 0 amide bonds. The monoisotopic (exact) mass is 207 g/mol. The number of aromatic nitrogens is 4. The lowest BCUT2D eigenvalue weighted by atomic mass is 9.84. The van der Waals surface area contributed by atoms with Gasteiger partial charge in [0, 0.05) is 13.0 Å². The molecule has 3 aliphatic rings. The first kappa shape index (κ1) is 9.27. The zero-order chi connectivity index (χ0) is 10.3. The molecule has 0 aromatic carbocycles. The van der Waals surface area contributed by atoms with Crippen LogP contribution in [0.5, 0.6) is 0 Å². The molecule has 0 aliphatic carbocycles. The van der Waals surface area contributed by atoms with E-state index in [1.807, 2.05) is 0 Å². The molecule has 3 fully saturated rings. The molecule has 4 rings (SSSR count). The van der Waals surface area contributed by atoms with Crippen LogP contribution in [0.25, 0.3) is 0 Å². The highest BCUT2D eigenvalue weighted by molar-refractivity contribution is 4.93. The Morgan fingerprint density at radius 3 is 2.73 bits per heavy atom. The molecule has 1 aromatic heterocycles. The second-order valence-electron chi connectivity index (χ2n) is 4.60. The zero-order valence-corrected chi connectivity index (χ0v) is 9.13. The molecule has 1 unspecified atom stereocenters. The third-order valence-electron chi connectivity index (χ3n) is 3.81. The second-order valence-corrected chi connectivity index (χ2v) is 4.60. The molecule has 1 aromatic rings. The topological polar surface area (TPSA) is 46.8 Å². The number of hydrogen-bond acceptors (Lipinski definition) is 4. The van der Waals surface area contributed by atoms with Crippen molar-refractivity contribution in [1.29, 1.82) is 0 Å². The van der Waals surface area contributed by atoms with Crippen molar-refractivity contribution in [2.45, 2.75) is 32.2 Å². The van der Waals surface area contributed by atoms with Gasteiger partial charge in [-0.25, -0.2) is 4.68 Å². The van der Waals surface area contributed by atoms with E-state index < -0.39 is 0 Å². The fourth-order valence-electron chi connectivity index (χ4n) is 2.91. The Labute approximate surface area is 89.4 Å². The van der Waals surface area contributed by atoms with Crippen LogP contribution in [0.15, 0.2) is 0 Å². The summed E-state index contributed by atoms with van der Waals surface area (Å²) in [6.45, 7) is 5.79. The van der Waals surface area contributed by atoms with E-state index in [4.69, 9.17) is 0 Å². The Balaban J connectivity index is 1.88. The second kappa shape index (κ2) is 3.56. The Bertz CT molecular complexity index is 339. The van der Waals surface area contributed by atoms with Gasteiger partial charge >= 0.3 is 0 Å². The predicted molar refractivity (Wildman–Crippen MR) is 55.4 cm³/mol. The maximum Gasteiger partial charge on any atom is 0.151 e. The van der Waals surface area contributed by atoms with E-state index in [1.165, 1.54) is 25.9 Å². The Morgan fingerprint density at radius 1 is 1.33 bits per heavy atom. The summed E-state index contributed by atoms with van der Waals surface area (Å²) >= 11 is 0. The first-order chi connectivity index (χ1) is 7.38. The SMILES string of the molecule is CCc1nnnn1C1CN2CCC1CC2. The predicted octanol–water partition coefficient (Wildman–Crippen LogP) is 0.502. The number of tetrazole rings is 1. The van der Waals surface area contributed by atoms with Gasteiger partial charge in [-0.05, 0) is 42.3 Å². The minimum Gasteiger partial charge on any atom is -0.301 e. The van der Waals surface area contributed by atoms with Gasteiger partial charge in [-0.15, -0.1) is 5.10 Å². The molecule has 0 radical (unpaired) electrons. The van der Waals surface area contributed by atoms with Crippen molar-refractivity contribution < 1.29 is 0 Å². The van der Waals surface area contributed by atoms with Crippen LogP contribution in [0, 0.1) is 5.92 Å². The van der Waals surface area contributed by atoms with E-state index in [9.17, 15) is 0 Å². The number of rotatable bonds is 2. The Hall–Kier alpha value is -0.970. The molecule has 4 heterocycles. The van der Waals surface area contributed by atoms with E-state index in [0.717, 1.165) is 24.7 Å². The lowest BCUT2D eigenvalue weighted by Crippen LogP contribution is -2.48. The van der Waals surface area contributed by atoms with Gasteiger partial charge in [0.25, 0.3) is 0 Å². The molecule has 2 bridgehead atoms. The van der Waals surface area contributed by atoms with Crippen molar-refractivity contribution in [2.75, 3.05) is 19.6 Å². The number of fused-ring (bicyclic) bond motifs is 3. The molecule has 3 saturated heterocycles. The molecule has 5 nitrogen and oxygen atoms in total. The van der Waals surface area contributed by atoms with Crippen LogP contribution in [-0.2, 0) is 6.42 Å². The number of hydrogen-bond donors (Lipinski definition) is 0. The van der Waals surface area contributed by atoms with E-state index in [1.54, 1.807) is 0 Å². The third kappa shape index (κ3) is 1.45. The van der Waals surface area contributed by atoms with E-state index in [-0.39, 0.29) is 0 Å². The summed E-state index contributed by atoms with van der Waals surface area (Å²) in [5.74, 6) is 1.83. The quantitative estimate of drug-likeness (QED) is 0.708.